The van der Waals surface area contributed by atoms with Crippen LogP contribution >= 0.6 is 0 Å². The summed E-state index contributed by atoms with van der Waals surface area (Å²) in [7, 11) is 2.50. The maximum absolute atomic E-state index is 11.6. The van der Waals surface area contributed by atoms with Crippen molar-refractivity contribution in [3.05, 3.63) is 29.3 Å². The third kappa shape index (κ3) is 5.01. The van der Waals surface area contributed by atoms with E-state index in [0.29, 0.717) is 17.1 Å². The Labute approximate surface area is 128 Å². The first-order valence-electron chi connectivity index (χ1n) is 6.48. The second-order valence-electron chi connectivity index (χ2n) is 4.49. The minimum atomic E-state index is -0.630. The fourth-order valence-electron chi connectivity index (χ4n) is 1.63. The van der Waals surface area contributed by atoms with E-state index in [1.165, 1.54) is 14.2 Å². The average Bonchev–Trinajstić information content (AvgIpc) is 2.48. The van der Waals surface area contributed by atoms with E-state index in [4.69, 9.17) is 0 Å². The lowest BCUT2D eigenvalue weighted by molar-refractivity contribution is -0.143. The summed E-state index contributed by atoms with van der Waals surface area (Å²) in [5.74, 6) is -1.31. The van der Waals surface area contributed by atoms with Crippen molar-refractivity contribution < 1.29 is 23.9 Å². The fraction of sp³-hybridized carbons (Fsp3) is 0.333. The number of rotatable bonds is 4. The standard InChI is InChI=1S/C15H18N2O5/c1-9-5-6-11(15(20)22-4)7-12(9)16-10(2)17-13(18)8-14(19)21-3/h5-7H,8H2,1-4H3,(H,16,17,18). The predicted octanol–water partition coefficient (Wildman–Crippen LogP) is 1.51. The molecule has 7 nitrogen and oxygen atoms in total. The van der Waals surface area contributed by atoms with Gasteiger partial charge in [-0.1, -0.05) is 6.07 Å². The second-order valence-corrected chi connectivity index (χ2v) is 4.49. The number of nitrogens with one attached hydrogen (secondary N) is 1. The van der Waals surface area contributed by atoms with Crippen molar-refractivity contribution in [2.24, 2.45) is 4.99 Å². The zero-order chi connectivity index (χ0) is 16.7. The summed E-state index contributed by atoms with van der Waals surface area (Å²) in [5.41, 5.74) is 1.72. The number of ether oxygens (including phenoxy) is 2. The van der Waals surface area contributed by atoms with Gasteiger partial charge in [0.2, 0.25) is 5.91 Å². The number of amidine groups is 1. The Morgan fingerprint density at radius 2 is 1.86 bits per heavy atom. The van der Waals surface area contributed by atoms with Crippen LogP contribution in [0.15, 0.2) is 23.2 Å². The van der Waals surface area contributed by atoms with E-state index >= 15 is 0 Å². The molecule has 1 aromatic carbocycles. The molecule has 0 radical (unpaired) electrons. The molecular formula is C15H18N2O5. The quantitative estimate of drug-likeness (QED) is 0.394. The van der Waals surface area contributed by atoms with E-state index in [1.54, 1.807) is 25.1 Å². The topological polar surface area (TPSA) is 94.1 Å². The SMILES string of the molecule is COC(=O)CC(=O)N/C(C)=N/c1cc(C(=O)OC)ccc1C. The monoisotopic (exact) mass is 306 g/mol. The molecule has 22 heavy (non-hydrogen) atoms. The Balaban J connectivity index is 2.89. The number of carbonyl (C=O) groups excluding carboxylic acids is 3. The molecule has 0 fully saturated rings. The van der Waals surface area contributed by atoms with Crippen LogP contribution in [-0.4, -0.2) is 37.9 Å². The van der Waals surface area contributed by atoms with Crippen LogP contribution in [0.3, 0.4) is 0 Å². The molecule has 0 aliphatic heterocycles. The molecule has 1 rings (SSSR count). The van der Waals surface area contributed by atoms with Gasteiger partial charge in [-0.3, -0.25) is 9.59 Å². The van der Waals surface area contributed by atoms with Gasteiger partial charge in [-0.25, -0.2) is 9.79 Å². The van der Waals surface area contributed by atoms with Crippen molar-refractivity contribution in [1.29, 1.82) is 0 Å². The van der Waals surface area contributed by atoms with Gasteiger partial charge < -0.3 is 14.8 Å². The number of hydrogen-bond donors (Lipinski definition) is 1. The lowest BCUT2D eigenvalue weighted by Gasteiger charge is -2.07. The highest BCUT2D eigenvalue weighted by molar-refractivity contribution is 6.04. The summed E-state index contributed by atoms with van der Waals surface area (Å²) in [4.78, 5) is 38.3. The van der Waals surface area contributed by atoms with Crippen LogP contribution in [0, 0.1) is 6.92 Å². The largest absolute Gasteiger partial charge is 0.469 e. The normalized spacial score (nSPS) is 10.8. The molecule has 0 saturated heterocycles. The summed E-state index contributed by atoms with van der Waals surface area (Å²) in [6.07, 6.45) is -0.384. The van der Waals surface area contributed by atoms with Crippen LogP contribution in [0.25, 0.3) is 0 Å². The van der Waals surface area contributed by atoms with Crippen molar-refractivity contribution in [2.45, 2.75) is 20.3 Å². The van der Waals surface area contributed by atoms with Gasteiger partial charge in [0.05, 0.1) is 25.5 Å². The van der Waals surface area contributed by atoms with Crippen molar-refractivity contribution in [3.8, 4) is 0 Å². The number of carbonyl (C=O) groups is 3. The first-order valence-corrected chi connectivity index (χ1v) is 6.48. The van der Waals surface area contributed by atoms with Crippen LogP contribution in [0.1, 0.15) is 29.3 Å². The smallest absolute Gasteiger partial charge is 0.337 e. The summed E-state index contributed by atoms with van der Waals surface area (Å²) >= 11 is 0. The molecule has 7 heteroatoms. The maximum Gasteiger partial charge on any atom is 0.337 e. The Morgan fingerprint density at radius 3 is 2.45 bits per heavy atom. The van der Waals surface area contributed by atoms with E-state index in [9.17, 15) is 14.4 Å². The van der Waals surface area contributed by atoms with Gasteiger partial charge in [0, 0.05) is 0 Å². The molecule has 1 N–H and O–H groups in total. The molecule has 0 aliphatic rings. The van der Waals surface area contributed by atoms with E-state index in [0.717, 1.165) is 5.56 Å². The van der Waals surface area contributed by atoms with Crippen LogP contribution in [-0.2, 0) is 19.1 Å². The first-order chi connectivity index (χ1) is 10.4. The average molecular weight is 306 g/mol. The zero-order valence-electron chi connectivity index (χ0n) is 12.9. The molecular weight excluding hydrogens is 288 g/mol. The third-order valence-corrected chi connectivity index (χ3v) is 2.77. The van der Waals surface area contributed by atoms with Gasteiger partial charge >= 0.3 is 11.9 Å². The van der Waals surface area contributed by atoms with Crippen LogP contribution in [0.4, 0.5) is 5.69 Å². The van der Waals surface area contributed by atoms with Gasteiger partial charge in [-0.05, 0) is 31.5 Å². The van der Waals surface area contributed by atoms with E-state index in [2.05, 4.69) is 19.8 Å². The minimum Gasteiger partial charge on any atom is -0.469 e. The molecule has 0 heterocycles. The Hall–Kier alpha value is -2.70. The minimum absolute atomic E-state index is 0.305. The Morgan fingerprint density at radius 1 is 1.18 bits per heavy atom. The first kappa shape index (κ1) is 17.4. The van der Waals surface area contributed by atoms with Gasteiger partial charge in [-0.2, -0.15) is 0 Å². The van der Waals surface area contributed by atoms with Gasteiger partial charge in [0.1, 0.15) is 12.3 Å². The van der Waals surface area contributed by atoms with E-state index in [-0.39, 0.29) is 6.42 Å². The highest BCUT2D eigenvalue weighted by Crippen LogP contribution is 2.20. The highest BCUT2D eigenvalue weighted by Gasteiger charge is 2.11. The zero-order valence-corrected chi connectivity index (χ0v) is 12.9. The molecule has 118 valence electrons. The summed E-state index contributed by atoms with van der Waals surface area (Å²) < 4.78 is 9.05. The van der Waals surface area contributed by atoms with E-state index in [1.807, 2.05) is 6.92 Å². The molecule has 0 unspecified atom stereocenters. The summed E-state index contributed by atoms with van der Waals surface area (Å²) in [5, 5.41) is 2.48. The lowest BCUT2D eigenvalue weighted by Crippen LogP contribution is -2.30. The highest BCUT2D eigenvalue weighted by atomic mass is 16.5. The summed E-state index contributed by atoms with van der Waals surface area (Å²) in [6, 6.07) is 4.93. The molecule has 0 spiro atoms. The maximum atomic E-state index is 11.6. The second kappa shape index (κ2) is 7.92. The van der Waals surface area contributed by atoms with Crippen molar-refractivity contribution in [3.63, 3.8) is 0 Å². The molecule has 1 aromatic rings. The third-order valence-electron chi connectivity index (χ3n) is 2.77. The number of hydrogen-bond acceptors (Lipinski definition) is 6. The van der Waals surface area contributed by atoms with Crippen LogP contribution in [0.5, 0.6) is 0 Å². The molecule has 0 bridgehead atoms. The Kier molecular flexibility index (Phi) is 6.25. The molecule has 1 amide bonds. The lowest BCUT2D eigenvalue weighted by atomic mass is 10.1. The van der Waals surface area contributed by atoms with Crippen molar-refractivity contribution in [2.75, 3.05) is 14.2 Å². The number of amides is 1. The molecule has 0 saturated carbocycles. The molecule has 0 aromatic heterocycles. The molecule has 0 aliphatic carbocycles. The number of esters is 2. The summed E-state index contributed by atoms with van der Waals surface area (Å²) in [6.45, 7) is 3.41. The fourth-order valence-corrected chi connectivity index (χ4v) is 1.63. The van der Waals surface area contributed by atoms with Gasteiger partial charge in [0.25, 0.3) is 0 Å². The van der Waals surface area contributed by atoms with E-state index < -0.39 is 17.8 Å². The van der Waals surface area contributed by atoms with Crippen molar-refractivity contribution in [1.82, 2.24) is 5.32 Å². The molecule has 0 atom stereocenters. The van der Waals surface area contributed by atoms with Crippen LogP contribution in [0.2, 0.25) is 0 Å². The number of nitrogens with zero attached hydrogens (tertiary/aromatic N) is 1. The Bertz CT molecular complexity index is 622. The predicted molar refractivity (Wildman–Crippen MR) is 80.1 cm³/mol. The number of methoxy groups -OCH3 is 2. The van der Waals surface area contributed by atoms with Crippen LogP contribution < -0.4 is 5.32 Å². The van der Waals surface area contributed by atoms with Gasteiger partial charge in [0.15, 0.2) is 0 Å². The number of aryl methyl sites for hydroxylation is 1. The van der Waals surface area contributed by atoms with Gasteiger partial charge in [-0.15, -0.1) is 0 Å². The number of aliphatic imine (C=N–C) groups is 1. The number of benzene rings is 1. The van der Waals surface area contributed by atoms with Crippen molar-refractivity contribution >= 4 is 29.4 Å².